The van der Waals surface area contributed by atoms with Gasteiger partial charge in [-0.15, -0.1) is 0 Å². The van der Waals surface area contributed by atoms with Crippen LogP contribution in [0.5, 0.6) is 0 Å². The summed E-state index contributed by atoms with van der Waals surface area (Å²) in [5.74, 6) is 6.40. The van der Waals surface area contributed by atoms with Crippen LogP contribution in [0, 0.1) is 18.8 Å². The Balaban J connectivity index is 1.83. The smallest absolute Gasteiger partial charge is 0.254 e. The lowest BCUT2D eigenvalue weighted by Gasteiger charge is -2.23. The number of hydrogen-bond donors (Lipinski definition) is 1. The van der Waals surface area contributed by atoms with Crippen molar-refractivity contribution in [3.63, 3.8) is 0 Å². The number of likely N-dealkylation sites (tertiary alicyclic amines) is 1. The number of carbonyl (C=O) groups is 1. The number of aliphatic hydroxyl groups is 1. The molecule has 1 unspecified atom stereocenters. The molecule has 1 atom stereocenters. The maximum absolute atomic E-state index is 13.0. The minimum Gasteiger partial charge on any atom is -0.378 e. The maximum Gasteiger partial charge on any atom is 0.254 e. The quantitative estimate of drug-likeness (QED) is 0.855. The standard InChI is InChI=1S/C20H22N2O3/c1-14-12-17(21-25-14)18-8-5-11-22(18)19(23)16-7-4-6-15(13-16)9-10-20(2,3)24/h4,6-7,12-13,18,24H,5,8,11H2,1-3H3. The van der Waals surface area contributed by atoms with Gasteiger partial charge in [0, 0.05) is 23.7 Å². The molecule has 5 heteroatoms. The van der Waals surface area contributed by atoms with Crippen molar-refractivity contribution in [2.75, 3.05) is 6.54 Å². The molecule has 1 N–H and O–H groups in total. The second-order valence-electron chi connectivity index (χ2n) is 6.91. The highest BCUT2D eigenvalue weighted by molar-refractivity contribution is 5.95. The van der Waals surface area contributed by atoms with Crippen LogP contribution < -0.4 is 0 Å². The molecule has 2 heterocycles. The minimum atomic E-state index is -1.06. The monoisotopic (exact) mass is 338 g/mol. The summed E-state index contributed by atoms with van der Waals surface area (Å²) < 4.78 is 5.16. The number of nitrogens with zero attached hydrogens (tertiary/aromatic N) is 2. The number of aryl methyl sites for hydroxylation is 1. The lowest BCUT2D eigenvalue weighted by molar-refractivity contribution is 0.0730. The van der Waals surface area contributed by atoms with Crippen LogP contribution in [0.1, 0.15) is 60.1 Å². The fraction of sp³-hybridized carbons (Fsp3) is 0.400. The summed E-state index contributed by atoms with van der Waals surface area (Å²) in [6.45, 7) is 5.81. The van der Waals surface area contributed by atoms with Crippen LogP contribution in [0.3, 0.4) is 0 Å². The molecule has 0 spiro atoms. The van der Waals surface area contributed by atoms with Crippen LogP contribution in [-0.2, 0) is 0 Å². The molecule has 1 amide bonds. The Bertz CT molecular complexity index is 836. The van der Waals surface area contributed by atoms with Crippen LogP contribution in [0.2, 0.25) is 0 Å². The van der Waals surface area contributed by atoms with Gasteiger partial charge >= 0.3 is 0 Å². The van der Waals surface area contributed by atoms with Crippen molar-refractivity contribution in [2.24, 2.45) is 0 Å². The summed E-state index contributed by atoms with van der Waals surface area (Å²) in [6, 6.07) is 9.05. The Hall–Kier alpha value is -2.58. The Labute approximate surface area is 147 Å². The summed E-state index contributed by atoms with van der Waals surface area (Å²) >= 11 is 0. The summed E-state index contributed by atoms with van der Waals surface area (Å²) in [7, 11) is 0. The van der Waals surface area contributed by atoms with E-state index in [0.29, 0.717) is 17.7 Å². The first kappa shape index (κ1) is 17.2. The number of carbonyl (C=O) groups excluding carboxylic acids is 1. The topological polar surface area (TPSA) is 66.6 Å². The molecule has 1 aliphatic heterocycles. The van der Waals surface area contributed by atoms with Gasteiger partial charge in [-0.2, -0.15) is 0 Å². The van der Waals surface area contributed by atoms with Gasteiger partial charge < -0.3 is 14.5 Å². The third kappa shape index (κ3) is 4.09. The average molecular weight is 338 g/mol. The zero-order valence-corrected chi connectivity index (χ0v) is 14.7. The largest absolute Gasteiger partial charge is 0.378 e. The van der Waals surface area contributed by atoms with Crippen molar-refractivity contribution in [2.45, 2.75) is 45.3 Å². The molecular formula is C20H22N2O3. The maximum atomic E-state index is 13.0. The molecule has 1 aromatic carbocycles. The fourth-order valence-corrected chi connectivity index (χ4v) is 2.98. The molecule has 130 valence electrons. The van der Waals surface area contributed by atoms with Gasteiger partial charge in [-0.1, -0.05) is 23.1 Å². The predicted molar refractivity (Wildman–Crippen MR) is 93.9 cm³/mol. The highest BCUT2D eigenvalue weighted by Crippen LogP contribution is 2.32. The van der Waals surface area contributed by atoms with E-state index in [4.69, 9.17) is 4.52 Å². The number of hydrogen-bond acceptors (Lipinski definition) is 4. The van der Waals surface area contributed by atoms with Crippen LogP contribution in [0.15, 0.2) is 34.9 Å². The third-order valence-corrected chi connectivity index (χ3v) is 4.12. The number of benzene rings is 1. The molecule has 0 bridgehead atoms. The molecule has 1 aromatic heterocycles. The first-order valence-corrected chi connectivity index (χ1v) is 8.43. The van der Waals surface area contributed by atoms with Gasteiger partial charge in [-0.3, -0.25) is 4.79 Å². The van der Waals surface area contributed by atoms with E-state index in [0.717, 1.165) is 24.3 Å². The average Bonchev–Trinajstić information content (AvgIpc) is 3.20. The van der Waals surface area contributed by atoms with Crippen molar-refractivity contribution in [3.05, 3.63) is 52.9 Å². The van der Waals surface area contributed by atoms with E-state index < -0.39 is 5.60 Å². The van der Waals surface area contributed by atoms with Gasteiger partial charge in [0.25, 0.3) is 5.91 Å². The van der Waals surface area contributed by atoms with Gasteiger partial charge in [-0.05, 0) is 51.8 Å². The normalized spacial score (nSPS) is 17.3. The Morgan fingerprint density at radius 2 is 2.20 bits per heavy atom. The highest BCUT2D eigenvalue weighted by Gasteiger charge is 2.32. The molecule has 0 saturated carbocycles. The molecule has 2 aromatic rings. The van der Waals surface area contributed by atoms with Crippen molar-refractivity contribution >= 4 is 5.91 Å². The van der Waals surface area contributed by atoms with E-state index in [1.807, 2.05) is 30.0 Å². The van der Waals surface area contributed by atoms with E-state index in [-0.39, 0.29) is 11.9 Å². The first-order chi connectivity index (χ1) is 11.8. The summed E-state index contributed by atoms with van der Waals surface area (Å²) in [6.07, 6.45) is 1.83. The number of aromatic nitrogens is 1. The fourth-order valence-electron chi connectivity index (χ4n) is 2.98. The number of rotatable bonds is 2. The summed E-state index contributed by atoms with van der Waals surface area (Å²) in [4.78, 5) is 14.8. The van der Waals surface area contributed by atoms with Crippen molar-refractivity contribution in [1.82, 2.24) is 10.1 Å². The zero-order chi connectivity index (χ0) is 18.0. The summed E-state index contributed by atoms with van der Waals surface area (Å²) in [5.41, 5.74) is 1.04. The van der Waals surface area contributed by atoms with Gasteiger partial charge in [0.1, 0.15) is 17.1 Å². The van der Waals surface area contributed by atoms with E-state index in [1.165, 1.54) is 0 Å². The van der Waals surface area contributed by atoms with Crippen LogP contribution >= 0.6 is 0 Å². The number of amides is 1. The van der Waals surface area contributed by atoms with Crippen molar-refractivity contribution < 1.29 is 14.4 Å². The highest BCUT2D eigenvalue weighted by atomic mass is 16.5. The predicted octanol–water partition coefficient (Wildman–Crippen LogP) is 3.08. The SMILES string of the molecule is Cc1cc(C2CCCN2C(=O)c2cccc(C#CC(C)(C)O)c2)no1. The molecule has 1 aliphatic rings. The van der Waals surface area contributed by atoms with E-state index in [2.05, 4.69) is 17.0 Å². The lowest BCUT2D eigenvalue weighted by Crippen LogP contribution is -2.30. The lowest BCUT2D eigenvalue weighted by atomic mass is 10.1. The van der Waals surface area contributed by atoms with Crippen LogP contribution in [-0.4, -0.2) is 33.2 Å². The molecular weight excluding hydrogens is 316 g/mol. The van der Waals surface area contributed by atoms with Gasteiger partial charge in [-0.25, -0.2) is 0 Å². The van der Waals surface area contributed by atoms with E-state index >= 15 is 0 Å². The molecule has 5 nitrogen and oxygen atoms in total. The third-order valence-electron chi connectivity index (χ3n) is 4.12. The van der Waals surface area contributed by atoms with E-state index in [1.54, 1.807) is 26.0 Å². The molecule has 0 radical (unpaired) electrons. The molecule has 25 heavy (non-hydrogen) atoms. The molecule has 3 rings (SSSR count). The second-order valence-corrected chi connectivity index (χ2v) is 6.91. The zero-order valence-electron chi connectivity index (χ0n) is 14.7. The van der Waals surface area contributed by atoms with Gasteiger partial charge in [0.05, 0.1) is 6.04 Å². The van der Waals surface area contributed by atoms with Crippen LogP contribution in [0.25, 0.3) is 0 Å². The van der Waals surface area contributed by atoms with Crippen molar-refractivity contribution in [3.8, 4) is 11.8 Å². The summed E-state index contributed by atoms with van der Waals surface area (Å²) in [5, 5.41) is 13.8. The van der Waals surface area contributed by atoms with Crippen LogP contribution in [0.4, 0.5) is 0 Å². The van der Waals surface area contributed by atoms with Crippen molar-refractivity contribution in [1.29, 1.82) is 0 Å². The molecule has 1 saturated heterocycles. The Morgan fingerprint density at radius 3 is 2.88 bits per heavy atom. The van der Waals surface area contributed by atoms with Gasteiger partial charge in [0.15, 0.2) is 0 Å². The molecule has 1 fully saturated rings. The minimum absolute atomic E-state index is 0.0324. The Kier molecular flexibility index (Phi) is 4.65. The first-order valence-electron chi connectivity index (χ1n) is 8.43. The Morgan fingerprint density at radius 1 is 1.40 bits per heavy atom. The van der Waals surface area contributed by atoms with Gasteiger partial charge in [0.2, 0.25) is 0 Å². The van der Waals surface area contributed by atoms with E-state index in [9.17, 15) is 9.90 Å². The molecule has 0 aliphatic carbocycles. The second kappa shape index (κ2) is 6.73.